The number of aromatic nitrogens is 1. The molecule has 0 spiro atoms. The number of rotatable bonds is 5. The molecule has 5 nitrogen and oxygen atoms in total. The number of carbonyl (C=O) groups excluding carboxylic acids is 1. The lowest BCUT2D eigenvalue weighted by Crippen LogP contribution is -2.50. The Morgan fingerprint density at radius 3 is 2.53 bits per heavy atom. The summed E-state index contributed by atoms with van der Waals surface area (Å²) in [7, 11) is 0. The fraction of sp³-hybridized carbons (Fsp3) is 0.333. The van der Waals surface area contributed by atoms with E-state index in [4.69, 9.17) is 4.74 Å². The zero-order valence-corrected chi connectivity index (χ0v) is 17.0. The molecule has 0 saturated heterocycles. The van der Waals surface area contributed by atoms with Gasteiger partial charge >= 0.3 is 12.1 Å². The molecular formula is C21H18F3N3O2S. The lowest BCUT2D eigenvalue weighted by Gasteiger charge is -2.33. The quantitative estimate of drug-likeness (QED) is 0.648. The van der Waals surface area contributed by atoms with Crippen molar-refractivity contribution in [1.29, 1.82) is 5.26 Å². The van der Waals surface area contributed by atoms with Crippen LogP contribution in [-0.4, -0.2) is 34.0 Å². The summed E-state index contributed by atoms with van der Waals surface area (Å²) in [6, 6.07) is 12.5. The predicted molar refractivity (Wildman–Crippen MR) is 107 cm³/mol. The molecule has 0 N–H and O–H groups in total. The maximum atomic E-state index is 14.6. The van der Waals surface area contributed by atoms with Crippen LogP contribution >= 0.6 is 11.8 Å². The molecule has 0 saturated carbocycles. The first-order chi connectivity index (χ1) is 14.2. The van der Waals surface area contributed by atoms with Crippen LogP contribution in [0.4, 0.5) is 13.2 Å². The molecular weight excluding hydrogens is 415 g/mol. The minimum absolute atomic E-state index is 0.0744. The fourth-order valence-electron chi connectivity index (χ4n) is 3.23. The number of aliphatic imine (C=N–C) groups is 1. The first kappa shape index (κ1) is 21.8. The lowest BCUT2D eigenvalue weighted by molar-refractivity contribution is -0.193. The molecule has 1 aromatic heterocycles. The number of alkyl halides is 3. The Morgan fingerprint density at radius 1 is 1.30 bits per heavy atom. The van der Waals surface area contributed by atoms with Crippen molar-refractivity contribution in [3.8, 4) is 6.07 Å². The van der Waals surface area contributed by atoms with Gasteiger partial charge in [0.05, 0.1) is 23.4 Å². The number of thioether (sulfide) groups is 1. The lowest BCUT2D eigenvalue weighted by atomic mass is 9.85. The molecule has 3 unspecified atom stereocenters. The third kappa shape index (κ3) is 3.79. The second-order valence-electron chi connectivity index (χ2n) is 6.65. The van der Waals surface area contributed by atoms with Gasteiger partial charge < -0.3 is 4.74 Å². The van der Waals surface area contributed by atoms with Gasteiger partial charge in [-0.05, 0) is 31.5 Å². The molecule has 2 heterocycles. The van der Waals surface area contributed by atoms with Crippen LogP contribution in [0.2, 0.25) is 0 Å². The van der Waals surface area contributed by atoms with E-state index < -0.39 is 28.9 Å². The van der Waals surface area contributed by atoms with Gasteiger partial charge in [0.15, 0.2) is 0 Å². The summed E-state index contributed by atoms with van der Waals surface area (Å²) in [6.45, 7) is 3.19. The zero-order chi connectivity index (χ0) is 21.9. The molecule has 1 aliphatic heterocycles. The first-order valence-electron chi connectivity index (χ1n) is 9.12. The van der Waals surface area contributed by atoms with Gasteiger partial charge in [-0.3, -0.25) is 14.8 Å². The molecule has 9 heteroatoms. The standard InChI is InChI=1S/C21H18F3N3O2S/c1-3-29-19(28)17-20(21(22,23)24,14-9-7-13(2)8-10-14)27-18(30-17)15(12-25)16-6-4-5-11-26-16/h4-11,15,17H,3H2,1-2H3. The Kier molecular flexibility index (Phi) is 6.17. The fourth-order valence-corrected chi connectivity index (χ4v) is 4.63. The van der Waals surface area contributed by atoms with E-state index in [1.165, 1.54) is 43.5 Å². The van der Waals surface area contributed by atoms with E-state index in [9.17, 15) is 23.2 Å². The molecule has 0 amide bonds. The normalized spacial score (nSPS) is 22.1. The monoisotopic (exact) mass is 433 g/mol. The minimum atomic E-state index is -4.90. The molecule has 0 radical (unpaired) electrons. The number of nitrogens with zero attached hydrogens (tertiary/aromatic N) is 3. The van der Waals surface area contributed by atoms with Gasteiger partial charge in [0, 0.05) is 6.20 Å². The molecule has 30 heavy (non-hydrogen) atoms. The predicted octanol–water partition coefficient (Wildman–Crippen LogP) is 4.53. The molecule has 1 aliphatic rings. The molecule has 0 bridgehead atoms. The van der Waals surface area contributed by atoms with Crippen molar-refractivity contribution in [1.82, 2.24) is 4.98 Å². The Hall–Kier alpha value is -2.86. The van der Waals surface area contributed by atoms with Crippen molar-refractivity contribution < 1.29 is 22.7 Å². The van der Waals surface area contributed by atoms with E-state index in [0.29, 0.717) is 11.8 Å². The molecule has 1 aromatic carbocycles. The van der Waals surface area contributed by atoms with Crippen LogP contribution in [0.15, 0.2) is 53.7 Å². The van der Waals surface area contributed by atoms with Gasteiger partial charge in [-0.15, -0.1) is 0 Å². The van der Waals surface area contributed by atoms with Crippen LogP contribution in [-0.2, 0) is 15.1 Å². The largest absolute Gasteiger partial charge is 0.465 e. The van der Waals surface area contributed by atoms with Crippen molar-refractivity contribution >= 4 is 22.8 Å². The van der Waals surface area contributed by atoms with Gasteiger partial charge in [0.2, 0.25) is 5.54 Å². The van der Waals surface area contributed by atoms with Crippen LogP contribution in [0.1, 0.15) is 29.7 Å². The average molecular weight is 433 g/mol. The summed E-state index contributed by atoms with van der Waals surface area (Å²) in [5, 5.41) is 7.83. The number of hydrogen-bond acceptors (Lipinski definition) is 6. The second kappa shape index (κ2) is 8.48. The van der Waals surface area contributed by atoms with Crippen LogP contribution in [0.5, 0.6) is 0 Å². The smallest absolute Gasteiger partial charge is 0.419 e. The van der Waals surface area contributed by atoms with Crippen LogP contribution in [0.25, 0.3) is 0 Å². The van der Waals surface area contributed by atoms with Gasteiger partial charge in [0.1, 0.15) is 11.2 Å². The van der Waals surface area contributed by atoms with E-state index in [0.717, 1.165) is 5.56 Å². The third-order valence-corrected chi connectivity index (χ3v) is 6.03. The van der Waals surface area contributed by atoms with E-state index in [2.05, 4.69) is 9.98 Å². The molecule has 2 aromatic rings. The molecule has 0 fully saturated rings. The zero-order valence-electron chi connectivity index (χ0n) is 16.2. The average Bonchev–Trinajstić information content (AvgIpc) is 3.12. The number of esters is 1. The number of nitriles is 1. The number of hydrogen-bond donors (Lipinski definition) is 0. The molecule has 156 valence electrons. The molecule has 3 atom stereocenters. The van der Waals surface area contributed by atoms with E-state index >= 15 is 0 Å². The Bertz CT molecular complexity index is 987. The van der Waals surface area contributed by atoms with E-state index in [-0.39, 0.29) is 22.9 Å². The highest BCUT2D eigenvalue weighted by Crippen LogP contribution is 2.55. The number of ether oxygens (including phenoxy) is 1. The van der Waals surface area contributed by atoms with Crippen LogP contribution in [0.3, 0.4) is 0 Å². The summed E-state index contributed by atoms with van der Waals surface area (Å²) in [6.07, 6.45) is -3.46. The Labute approximate surface area is 176 Å². The summed E-state index contributed by atoms with van der Waals surface area (Å²) in [5.41, 5.74) is -2.02. The minimum Gasteiger partial charge on any atom is -0.465 e. The van der Waals surface area contributed by atoms with Crippen molar-refractivity contribution in [3.63, 3.8) is 0 Å². The second-order valence-corrected chi connectivity index (χ2v) is 7.77. The molecule has 3 rings (SSSR count). The number of benzene rings is 1. The SMILES string of the molecule is CCOC(=O)C1SC(C(C#N)c2ccccn2)=NC1(c1ccc(C)cc1)C(F)(F)F. The summed E-state index contributed by atoms with van der Waals surface area (Å²) >= 11 is 0.612. The maximum Gasteiger partial charge on any atom is 0.419 e. The van der Waals surface area contributed by atoms with Crippen LogP contribution < -0.4 is 0 Å². The summed E-state index contributed by atoms with van der Waals surface area (Å²) < 4.78 is 48.7. The van der Waals surface area contributed by atoms with Crippen molar-refractivity contribution in [2.24, 2.45) is 4.99 Å². The Morgan fingerprint density at radius 2 is 2.00 bits per heavy atom. The first-order valence-corrected chi connectivity index (χ1v) is 10.00. The number of carbonyl (C=O) groups is 1. The van der Waals surface area contributed by atoms with Gasteiger partial charge in [-0.2, -0.15) is 18.4 Å². The van der Waals surface area contributed by atoms with Gasteiger partial charge in [-0.1, -0.05) is 47.7 Å². The topological polar surface area (TPSA) is 75.3 Å². The highest BCUT2D eigenvalue weighted by atomic mass is 32.2. The van der Waals surface area contributed by atoms with Gasteiger partial charge in [0.25, 0.3) is 0 Å². The van der Waals surface area contributed by atoms with Gasteiger partial charge in [-0.25, -0.2) is 0 Å². The third-order valence-electron chi connectivity index (χ3n) is 4.69. The van der Waals surface area contributed by atoms with Crippen molar-refractivity contribution in [3.05, 3.63) is 65.5 Å². The summed E-state index contributed by atoms with van der Waals surface area (Å²) in [5.74, 6) is -2.17. The van der Waals surface area contributed by atoms with Crippen molar-refractivity contribution in [2.75, 3.05) is 6.61 Å². The van der Waals surface area contributed by atoms with Crippen molar-refractivity contribution in [2.45, 2.75) is 36.7 Å². The van der Waals surface area contributed by atoms with E-state index in [1.54, 1.807) is 19.1 Å². The summed E-state index contributed by atoms with van der Waals surface area (Å²) in [4.78, 5) is 20.7. The number of aryl methyl sites for hydroxylation is 1. The highest BCUT2D eigenvalue weighted by Gasteiger charge is 2.67. The number of halogens is 3. The Balaban J connectivity index is 2.22. The maximum absolute atomic E-state index is 14.6. The van der Waals surface area contributed by atoms with E-state index in [1.807, 2.05) is 6.07 Å². The van der Waals surface area contributed by atoms with Crippen LogP contribution in [0, 0.1) is 18.3 Å². The molecule has 0 aliphatic carbocycles. The highest BCUT2D eigenvalue weighted by molar-refractivity contribution is 8.15. The number of pyridine rings is 1.